The SMILES string of the molecule is COCCOCCC(C)(CN)C(C)C. The Morgan fingerprint density at radius 2 is 1.86 bits per heavy atom. The van der Waals surface area contributed by atoms with Crippen LogP contribution in [-0.4, -0.2) is 33.5 Å². The van der Waals surface area contributed by atoms with Crippen LogP contribution in [0.3, 0.4) is 0 Å². The van der Waals surface area contributed by atoms with Gasteiger partial charge in [0.2, 0.25) is 0 Å². The van der Waals surface area contributed by atoms with Crippen molar-refractivity contribution in [2.45, 2.75) is 27.2 Å². The van der Waals surface area contributed by atoms with Crippen LogP contribution in [0, 0.1) is 11.3 Å². The third kappa shape index (κ3) is 4.94. The summed E-state index contributed by atoms with van der Waals surface area (Å²) in [5, 5.41) is 0. The van der Waals surface area contributed by atoms with E-state index >= 15 is 0 Å². The maximum Gasteiger partial charge on any atom is 0.0700 e. The highest BCUT2D eigenvalue weighted by Crippen LogP contribution is 2.29. The molecule has 1 atom stereocenters. The first-order valence-electron chi connectivity index (χ1n) is 5.33. The number of nitrogens with two attached hydrogens (primary N) is 1. The van der Waals surface area contributed by atoms with E-state index in [1.807, 2.05) is 0 Å². The Kier molecular flexibility index (Phi) is 7.15. The van der Waals surface area contributed by atoms with E-state index in [-0.39, 0.29) is 5.41 Å². The monoisotopic (exact) mass is 203 g/mol. The summed E-state index contributed by atoms with van der Waals surface area (Å²) in [7, 11) is 1.68. The zero-order valence-corrected chi connectivity index (χ0v) is 10.0. The van der Waals surface area contributed by atoms with Crippen LogP contribution in [0.4, 0.5) is 0 Å². The van der Waals surface area contributed by atoms with Crippen molar-refractivity contribution in [1.29, 1.82) is 0 Å². The van der Waals surface area contributed by atoms with Gasteiger partial charge in [0.15, 0.2) is 0 Å². The number of ether oxygens (including phenoxy) is 2. The quantitative estimate of drug-likeness (QED) is 0.610. The summed E-state index contributed by atoms with van der Waals surface area (Å²) in [6.45, 7) is 9.48. The molecule has 0 aromatic rings. The molecule has 0 spiro atoms. The van der Waals surface area contributed by atoms with Crippen molar-refractivity contribution in [3.63, 3.8) is 0 Å². The van der Waals surface area contributed by atoms with E-state index in [4.69, 9.17) is 15.2 Å². The molecule has 0 amide bonds. The molecule has 0 bridgehead atoms. The number of hydrogen-bond acceptors (Lipinski definition) is 3. The van der Waals surface area contributed by atoms with Crippen molar-refractivity contribution in [2.75, 3.05) is 33.5 Å². The van der Waals surface area contributed by atoms with Crippen LogP contribution >= 0.6 is 0 Å². The average Bonchev–Trinajstić information content (AvgIpc) is 2.17. The van der Waals surface area contributed by atoms with Gasteiger partial charge in [-0.15, -0.1) is 0 Å². The molecule has 3 heteroatoms. The van der Waals surface area contributed by atoms with E-state index in [9.17, 15) is 0 Å². The largest absolute Gasteiger partial charge is 0.382 e. The molecule has 0 aliphatic heterocycles. The van der Waals surface area contributed by atoms with Gasteiger partial charge in [-0.3, -0.25) is 0 Å². The van der Waals surface area contributed by atoms with Crippen LogP contribution < -0.4 is 5.73 Å². The highest BCUT2D eigenvalue weighted by Gasteiger charge is 2.25. The maximum absolute atomic E-state index is 5.77. The van der Waals surface area contributed by atoms with Crippen LogP contribution in [-0.2, 0) is 9.47 Å². The molecule has 3 nitrogen and oxygen atoms in total. The van der Waals surface area contributed by atoms with Crippen LogP contribution in [0.25, 0.3) is 0 Å². The molecule has 0 rings (SSSR count). The number of hydrogen-bond donors (Lipinski definition) is 1. The van der Waals surface area contributed by atoms with E-state index < -0.39 is 0 Å². The zero-order chi connectivity index (χ0) is 11.0. The summed E-state index contributed by atoms with van der Waals surface area (Å²) in [6.07, 6.45) is 1.02. The molecule has 0 fully saturated rings. The lowest BCUT2D eigenvalue weighted by atomic mass is 9.77. The fraction of sp³-hybridized carbons (Fsp3) is 1.00. The summed E-state index contributed by atoms with van der Waals surface area (Å²) in [6, 6.07) is 0. The third-order valence-corrected chi connectivity index (χ3v) is 3.11. The van der Waals surface area contributed by atoms with Crippen LogP contribution in [0.2, 0.25) is 0 Å². The molecule has 0 saturated carbocycles. The topological polar surface area (TPSA) is 44.5 Å². The fourth-order valence-electron chi connectivity index (χ4n) is 1.18. The molecule has 2 N–H and O–H groups in total. The van der Waals surface area contributed by atoms with E-state index in [0.717, 1.165) is 19.6 Å². The molecule has 0 aliphatic rings. The predicted octanol–water partition coefficient (Wildman–Crippen LogP) is 1.66. The van der Waals surface area contributed by atoms with E-state index in [1.165, 1.54) is 0 Å². The summed E-state index contributed by atoms with van der Waals surface area (Å²) in [5.74, 6) is 0.596. The molecule has 0 aromatic carbocycles. The van der Waals surface area contributed by atoms with Gasteiger partial charge in [-0.2, -0.15) is 0 Å². The van der Waals surface area contributed by atoms with Gasteiger partial charge in [0.1, 0.15) is 0 Å². The Hall–Kier alpha value is -0.120. The van der Waals surface area contributed by atoms with Crippen LogP contribution in [0.5, 0.6) is 0 Å². The summed E-state index contributed by atoms with van der Waals surface area (Å²) in [5.41, 5.74) is 5.97. The minimum atomic E-state index is 0.201. The average molecular weight is 203 g/mol. The van der Waals surface area contributed by atoms with Gasteiger partial charge in [0.05, 0.1) is 13.2 Å². The normalized spacial score (nSPS) is 15.9. The molecule has 86 valence electrons. The highest BCUT2D eigenvalue weighted by atomic mass is 16.5. The van der Waals surface area contributed by atoms with Crippen LogP contribution in [0.1, 0.15) is 27.2 Å². The summed E-state index contributed by atoms with van der Waals surface area (Å²) in [4.78, 5) is 0. The molecule has 14 heavy (non-hydrogen) atoms. The second kappa shape index (κ2) is 7.21. The minimum Gasteiger partial charge on any atom is -0.382 e. The maximum atomic E-state index is 5.77. The van der Waals surface area contributed by atoms with Gasteiger partial charge < -0.3 is 15.2 Å². The molecule has 0 heterocycles. The molecule has 0 aliphatic carbocycles. The molecule has 0 aromatic heterocycles. The van der Waals surface area contributed by atoms with Gasteiger partial charge in [-0.05, 0) is 24.3 Å². The standard InChI is InChI=1S/C11H25NO2/c1-10(2)11(3,9-12)5-6-14-8-7-13-4/h10H,5-9,12H2,1-4H3. The van der Waals surface area contributed by atoms with Crippen molar-refractivity contribution in [3.8, 4) is 0 Å². The van der Waals surface area contributed by atoms with Gasteiger partial charge >= 0.3 is 0 Å². The third-order valence-electron chi connectivity index (χ3n) is 3.11. The smallest absolute Gasteiger partial charge is 0.0700 e. The number of methoxy groups -OCH3 is 1. The highest BCUT2D eigenvalue weighted by molar-refractivity contribution is 4.78. The lowest BCUT2D eigenvalue weighted by molar-refractivity contribution is 0.0464. The molecule has 0 radical (unpaired) electrons. The van der Waals surface area contributed by atoms with Crippen LogP contribution in [0.15, 0.2) is 0 Å². The zero-order valence-electron chi connectivity index (χ0n) is 10.0. The van der Waals surface area contributed by atoms with Crippen molar-refractivity contribution < 1.29 is 9.47 Å². The Bertz CT molecular complexity index is 139. The van der Waals surface area contributed by atoms with E-state index in [0.29, 0.717) is 19.1 Å². The minimum absolute atomic E-state index is 0.201. The van der Waals surface area contributed by atoms with Crippen molar-refractivity contribution in [1.82, 2.24) is 0 Å². The van der Waals surface area contributed by atoms with Gasteiger partial charge in [-0.25, -0.2) is 0 Å². The van der Waals surface area contributed by atoms with Gasteiger partial charge in [0, 0.05) is 13.7 Å². The lowest BCUT2D eigenvalue weighted by Gasteiger charge is -2.32. The Morgan fingerprint density at radius 3 is 2.29 bits per heavy atom. The van der Waals surface area contributed by atoms with Crippen molar-refractivity contribution in [2.24, 2.45) is 17.1 Å². The number of rotatable bonds is 8. The summed E-state index contributed by atoms with van der Waals surface area (Å²) < 4.78 is 10.3. The molecule has 1 unspecified atom stereocenters. The van der Waals surface area contributed by atoms with Crippen molar-refractivity contribution >= 4 is 0 Å². The second-order valence-corrected chi connectivity index (χ2v) is 4.37. The fourth-order valence-corrected chi connectivity index (χ4v) is 1.18. The Labute approximate surface area is 88.0 Å². The first-order valence-corrected chi connectivity index (χ1v) is 5.33. The van der Waals surface area contributed by atoms with E-state index in [2.05, 4.69) is 20.8 Å². The van der Waals surface area contributed by atoms with Gasteiger partial charge in [0.25, 0.3) is 0 Å². The second-order valence-electron chi connectivity index (χ2n) is 4.37. The predicted molar refractivity (Wildman–Crippen MR) is 59.3 cm³/mol. The molecular weight excluding hydrogens is 178 g/mol. The first-order chi connectivity index (χ1) is 6.56. The van der Waals surface area contributed by atoms with Gasteiger partial charge in [-0.1, -0.05) is 20.8 Å². The molecular formula is C11H25NO2. The van der Waals surface area contributed by atoms with E-state index in [1.54, 1.807) is 7.11 Å². The first kappa shape index (κ1) is 13.9. The molecule has 0 saturated heterocycles. The lowest BCUT2D eigenvalue weighted by Crippen LogP contribution is -2.33. The summed E-state index contributed by atoms with van der Waals surface area (Å²) >= 11 is 0. The Balaban J connectivity index is 3.63. The Morgan fingerprint density at radius 1 is 1.21 bits per heavy atom. The van der Waals surface area contributed by atoms with Crippen molar-refractivity contribution in [3.05, 3.63) is 0 Å².